The minimum atomic E-state index is 0. The maximum atomic E-state index is 12.3. The van der Waals surface area contributed by atoms with Crippen molar-refractivity contribution in [1.29, 1.82) is 0 Å². The SMILES string of the molecule is CN(Cc1ccccc1)C(=O)CN(C)C1CCNCC1.Cl. The van der Waals surface area contributed by atoms with Gasteiger partial charge in [-0.05, 0) is 38.5 Å². The van der Waals surface area contributed by atoms with E-state index in [1.165, 1.54) is 5.56 Å². The highest BCUT2D eigenvalue weighted by molar-refractivity contribution is 5.85. The minimum absolute atomic E-state index is 0. The van der Waals surface area contributed by atoms with Crippen molar-refractivity contribution < 1.29 is 4.79 Å². The summed E-state index contributed by atoms with van der Waals surface area (Å²) in [5.41, 5.74) is 1.17. The van der Waals surface area contributed by atoms with Gasteiger partial charge in [0.15, 0.2) is 0 Å². The van der Waals surface area contributed by atoms with Crippen LogP contribution in [0.2, 0.25) is 0 Å². The predicted molar refractivity (Wildman–Crippen MR) is 88.7 cm³/mol. The maximum absolute atomic E-state index is 12.3. The van der Waals surface area contributed by atoms with Gasteiger partial charge < -0.3 is 10.2 Å². The van der Waals surface area contributed by atoms with E-state index in [-0.39, 0.29) is 18.3 Å². The normalized spacial score (nSPS) is 15.6. The van der Waals surface area contributed by atoms with Crippen LogP contribution in [0.5, 0.6) is 0 Å². The second-order valence-electron chi connectivity index (χ2n) is 5.63. The van der Waals surface area contributed by atoms with E-state index in [1.54, 1.807) is 0 Å². The lowest BCUT2D eigenvalue weighted by atomic mass is 10.1. The third-order valence-corrected chi connectivity index (χ3v) is 4.01. The van der Waals surface area contributed by atoms with Crippen molar-refractivity contribution in [3.63, 3.8) is 0 Å². The van der Waals surface area contributed by atoms with E-state index in [1.807, 2.05) is 30.1 Å². The van der Waals surface area contributed by atoms with Gasteiger partial charge in [0, 0.05) is 19.6 Å². The number of benzene rings is 1. The number of rotatable bonds is 5. The van der Waals surface area contributed by atoms with Gasteiger partial charge in [-0.3, -0.25) is 9.69 Å². The molecule has 1 fully saturated rings. The lowest BCUT2D eigenvalue weighted by Crippen LogP contribution is -2.45. The van der Waals surface area contributed by atoms with Gasteiger partial charge in [0.2, 0.25) is 5.91 Å². The van der Waals surface area contributed by atoms with Gasteiger partial charge in [-0.25, -0.2) is 0 Å². The number of carbonyl (C=O) groups excluding carboxylic acids is 1. The van der Waals surface area contributed by atoms with Gasteiger partial charge >= 0.3 is 0 Å². The van der Waals surface area contributed by atoms with Gasteiger partial charge in [-0.2, -0.15) is 0 Å². The first-order valence-electron chi connectivity index (χ1n) is 7.35. The molecule has 0 bridgehead atoms. The average molecular weight is 312 g/mol. The van der Waals surface area contributed by atoms with Crippen LogP contribution in [0.15, 0.2) is 30.3 Å². The monoisotopic (exact) mass is 311 g/mol. The molecule has 0 radical (unpaired) electrons. The summed E-state index contributed by atoms with van der Waals surface area (Å²) in [4.78, 5) is 16.3. The van der Waals surface area contributed by atoms with Crippen molar-refractivity contribution in [2.75, 3.05) is 33.7 Å². The van der Waals surface area contributed by atoms with Gasteiger partial charge in [0.1, 0.15) is 0 Å². The van der Waals surface area contributed by atoms with Crippen LogP contribution in [0.3, 0.4) is 0 Å². The van der Waals surface area contributed by atoms with Crippen LogP contribution in [-0.2, 0) is 11.3 Å². The van der Waals surface area contributed by atoms with Crippen LogP contribution in [-0.4, -0.2) is 55.5 Å². The summed E-state index contributed by atoms with van der Waals surface area (Å²) >= 11 is 0. The van der Waals surface area contributed by atoms with E-state index < -0.39 is 0 Å². The lowest BCUT2D eigenvalue weighted by Gasteiger charge is -2.32. The van der Waals surface area contributed by atoms with E-state index in [2.05, 4.69) is 29.4 Å². The number of carbonyl (C=O) groups is 1. The molecule has 1 amide bonds. The number of hydrogen-bond acceptors (Lipinski definition) is 3. The Bertz CT molecular complexity index is 421. The summed E-state index contributed by atoms with van der Waals surface area (Å²) in [5.74, 6) is 0.190. The van der Waals surface area contributed by atoms with Crippen LogP contribution in [0.25, 0.3) is 0 Å². The molecule has 4 nitrogen and oxygen atoms in total. The molecule has 0 saturated carbocycles. The summed E-state index contributed by atoms with van der Waals surface area (Å²) in [6.07, 6.45) is 2.26. The van der Waals surface area contributed by atoms with Gasteiger partial charge in [-0.1, -0.05) is 30.3 Å². The Morgan fingerprint density at radius 3 is 2.43 bits per heavy atom. The predicted octanol–water partition coefficient (Wildman–Crippen LogP) is 1.75. The first-order chi connectivity index (χ1) is 9.66. The van der Waals surface area contributed by atoms with Crippen molar-refractivity contribution >= 4 is 18.3 Å². The molecule has 2 rings (SSSR count). The number of likely N-dealkylation sites (N-methyl/N-ethyl adjacent to an activating group) is 2. The van der Waals surface area contributed by atoms with Crippen molar-refractivity contribution in [3.8, 4) is 0 Å². The number of amides is 1. The molecule has 118 valence electrons. The van der Waals surface area contributed by atoms with E-state index in [9.17, 15) is 4.79 Å². The molecule has 1 saturated heterocycles. The Morgan fingerprint density at radius 1 is 1.19 bits per heavy atom. The van der Waals surface area contributed by atoms with Crippen LogP contribution in [0, 0.1) is 0 Å². The highest BCUT2D eigenvalue weighted by atomic mass is 35.5. The molecular formula is C16H26ClN3O. The minimum Gasteiger partial charge on any atom is -0.340 e. The van der Waals surface area contributed by atoms with Gasteiger partial charge in [0.05, 0.1) is 6.54 Å². The van der Waals surface area contributed by atoms with Crippen molar-refractivity contribution in [2.45, 2.75) is 25.4 Å². The smallest absolute Gasteiger partial charge is 0.236 e. The van der Waals surface area contributed by atoms with E-state index in [0.29, 0.717) is 19.1 Å². The first-order valence-corrected chi connectivity index (χ1v) is 7.35. The van der Waals surface area contributed by atoms with E-state index in [0.717, 1.165) is 25.9 Å². The highest BCUT2D eigenvalue weighted by Crippen LogP contribution is 2.10. The van der Waals surface area contributed by atoms with Crippen LogP contribution < -0.4 is 5.32 Å². The quantitative estimate of drug-likeness (QED) is 0.900. The summed E-state index contributed by atoms with van der Waals surface area (Å²) in [5, 5.41) is 3.36. The topological polar surface area (TPSA) is 35.6 Å². The molecule has 21 heavy (non-hydrogen) atoms. The molecule has 0 unspecified atom stereocenters. The largest absolute Gasteiger partial charge is 0.340 e. The molecule has 1 aromatic carbocycles. The Labute approximate surface area is 133 Å². The molecule has 5 heteroatoms. The van der Waals surface area contributed by atoms with Gasteiger partial charge in [-0.15, -0.1) is 12.4 Å². The van der Waals surface area contributed by atoms with Crippen LogP contribution in [0.4, 0.5) is 0 Å². The molecule has 1 heterocycles. The zero-order valence-electron chi connectivity index (χ0n) is 12.9. The molecule has 0 aromatic heterocycles. The lowest BCUT2D eigenvalue weighted by molar-refractivity contribution is -0.132. The van der Waals surface area contributed by atoms with Crippen LogP contribution >= 0.6 is 12.4 Å². The summed E-state index contributed by atoms with van der Waals surface area (Å²) in [6, 6.07) is 10.7. The fourth-order valence-corrected chi connectivity index (χ4v) is 2.66. The van der Waals surface area contributed by atoms with Gasteiger partial charge in [0.25, 0.3) is 0 Å². The van der Waals surface area contributed by atoms with E-state index in [4.69, 9.17) is 0 Å². The number of halogens is 1. The Kier molecular flexibility index (Phi) is 7.72. The standard InChI is InChI=1S/C16H25N3O.ClH/c1-18(15-8-10-17-11-9-15)13-16(20)19(2)12-14-6-4-3-5-7-14;/h3-7,15,17H,8-13H2,1-2H3;1H. The maximum Gasteiger partial charge on any atom is 0.236 e. The van der Waals surface area contributed by atoms with Crippen molar-refractivity contribution in [3.05, 3.63) is 35.9 Å². The Morgan fingerprint density at radius 2 is 1.81 bits per heavy atom. The van der Waals surface area contributed by atoms with Crippen LogP contribution in [0.1, 0.15) is 18.4 Å². The molecule has 0 spiro atoms. The third kappa shape index (κ3) is 5.65. The molecule has 0 atom stereocenters. The fourth-order valence-electron chi connectivity index (χ4n) is 2.66. The molecule has 1 aliphatic rings. The number of piperidine rings is 1. The van der Waals surface area contributed by atoms with Crippen molar-refractivity contribution in [1.82, 2.24) is 15.1 Å². The fraction of sp³-hybridized carbons (Fsp3) is 0.562. The second-order valence-corrected chi connectivity index (χ2v) is 5.63. The average Bonchev–Trinajstić information content (AvgIpc) is 2.49. The summed E-state index contributed by atoms with van der Waals surface area (Å²) in [7, 11) is 3.94. The second kappa shape index (κ2) is 9.03. The molecular weight excluding hydrogens is 286 g/mol. The van der Waals surface area contributed by atoms with E-state index >= 15 is 0 Å². The van der Waals surface area contributed by atoms with Crippen molar-refractivity contribution in [2.24, 2.45) is 0 Å². The number of hydrogen-bond donors (Lipinski definition) is 1. The number of nitrogens with one attached hydrogen (secondary N) is 1. The highest BCUT2D eigenvalue weighted by Gasteiger charge is 2.20. The molecule has 1 aromatic rings. The summed E-state index contributed by atoms with van der Waals surface area (Å²) in [6.45, 7) is 3.31. The Hall–Kier alpha value is -1.10. The molecule has 1 N–H and O–H groups in total. The summed E-state index contributed by atoms with van der Waals surface area (Å²) < 4.78 is 0. The molecule has 1 aliphatic heterocycles. The zero-order chi connectivity index (χ0) is 14.4. The number of nitrogens with zero attached hydrogens (tertiary/aromatic N) is 2. The molecule has 0 aliphatic carbocycles. The third-order valence-electron chi connectivity index (χ3n) is 4.01. The zero-order valence-corrected chi connectivity index (χ0v) is 13.7. The first kappa shape index (κ1) is 18.0. The Balaban J connectivity index is 0.00000220.